The van der Waals surface area contributed by atoms with E-state index in [0.29, 0.717) is 13.1 Å². The minimum Gasteiger partial charge on any atom is -0.362 e. The van der Waals surface area contributed by atoms with Gasteiger partial charge in [0.2, 0.25) is 5.91 Å². The Bertz CT molecular complexity index is 439. The first kappa shape index (κ1) is 20.0. The number of anilines is 1. The lowest BCUT2D eigenvalue weighted by Crippen LogP contribution is -2.34. The van der Waals surface area contributed by atoms with Gasteiger partial charge in [-0.15, -0.1) is 24.8 Å². The van der Waals surface area contributed by atoms with Crippen LogP contribution in [-0.4, -0.2) is 38.1 Å². The van der Waals surface area contributed by atoms with Crippen LogP contribution in [0.1, 0.15) is 18.4 Å². The van der Waals surface area contributed by atoms with Crippen LogP contribution in [-0.2, 0) is 11.3 Å². The predicted octanol–water partition coefficient (Wildman–Crippen LogP) is 1.61. The molecule has 1 aliphatic rings. The number of amides is 1. The van der Waals surface area contributed by atoms with Gasteiger partial charge in [0.15, 0.2) is 0 Å². The van der Waals surface area contributed by atoms with Gasteiger partial charge in [0, 0.05) is 32.4 Å². The van der Waals surface area contributed by atoms with Crippen molar-refractivity contribution >= 4 is 36.5 Å². The molecule has 0 unspecified atom stereocenters. The molecule has 1 aliphatic carbocycles. The van der Waals surface area contributed by atoms with E-state index in [9.17, 15) is 4.79 Å². The number of hydrogen-bond donors (Lipinski definition) is 2. The smallest absolute Gasteiger partial charge is 0.234 e. The molecular formula is C14H24Cl2N4O. The highest BCUT2D eigenvalue weighted by Crippen LogP contribution is 2.27. The number of halogens is 2. The number of hydrogen-bond acceptors (Lipinski definition) is 4. The minimum atomic E-state index is 0. The summed E-state index contributed by atoms with van der Waals surface area (Å²) in [6.45, 7) is 1.88. The fraction of sp³-hybridized carbons (Fsp3) is 0.571. The molecule has 1 heterocycles. The standard InChI is InChI=1S/C14H22N4O.2ClH/c1-18(2)14-12(4-3-7-16-14)9-17-13(19)10-15-8-11-5-6-11;;/h3-4,7,11,15H,5-6,8-10H2,1-2H3,(H,17,19);2*1H. The first-order chi connectivity index (χ1) is 9.16. The topological polar surface area (TPSA) is 57.3 Å². The third-order valence-corrected chi connectivity index (χ3v) is 3.18. The molecule has 1 aromatic rings. The van der Waals surface area contributed by atoms with Gasteiger partial charge in [-0.2, -0.15) is 0 Å². The molecule has 7 heteroatoms. The molecule has 0 spiro atoms. The van der Waals surface area contributed by atoms with Gasteiger partial charge in [-0.3, -0.25) is 4.79 Å². The van der Waals surface area contributed by atoms with Gasteiger partial charge in [0.1, 0.15) is 5.82 Å². The van der Waals surface area contributed by atoms with Gasteiger partial charge < -0.3 is 15.5 Å². The van der Waals surface area contributed by atoms with Crippen LogP contribution in [0.4, 0.5) is 5.82 Å². The van der Waals surface area contributed by atoms with Gasteiger partial charge in [-0.05, 0) is 31.4 Å². The molecular weight excluding hydrogens is 311 g/mol. The lowest BCUT2D eigenvalue weighted by molar-refractivity contribution is -0.120. The van der Waals surface area contributed by atoms with Crippen LogP contribution in [0.5, 0.6) is 0 Å². The first-order valence-electron chi connectivity index (χ1n) is 6.75. The predicted molar refractivity (Wildman–Crippen MR) is 90.5 cm³/mol. The average Bonchev–Trinajstić information content (AvgIpc) is 3.20. The van der Waals surface area contributed by atoms with Crippen molar-refractivity contribution in [3.8, 4) is 0 Å². The summed E-state index contributed by atoms with van der Waals surface area (Å²) < 4.78 is 0. The molecule has 0 aromatic carbocycles. The van der Waals surface area contributed by atoms with Gasteiger partial charge in [-0.25, -0.2) is 4.98 Å². The molecule has 0 atom stereocenters. The Morgan fingerprint density at radius 3 is 2.71 bits per heavy atom. The zero-order chi connectivity index (χ0) is 13.7. The van der Waals surface area contributed by atoms with Crippen molar-refractivity contribution in [2.45, 2.75) is 19.4 Å². The molecule has 0 bridgehead atoms. The normalized spacial score (nSPS) is 12.9. The quantitative estimate of drug-likeness (QED) is 0.795. The molecule has 120 valence electrons. The van der Waals surface area contributed by atoms with E-state index in [-0.39, 0.29) is 30.7 Å². The summed E-state index contributed by atoms with van der Waals surface area (Å²) in [6, 6.07) is 3.88. The maximum atomic E-state index is 11.7. The van der Waals surface area contributed by atoms with Gasteiger partial charge >= 0.3 is 0 Å². The molecule has 0 saturated heterocycles. The summed E-state index contributed by atoms with van der Waals surface area (Å²) in [6.07, 6.45) is 4.37. The number of nitrogens with one attached hydrogen (secondary N) is 2. The van der Waals surface area contributed by atoms with Crippen molar-refractivity contribution in [2.24, 2.45) is 5.92 Å². The van der Waals surface area contributed by atoms with Crippen LogP contribution in [0.2, 0.25) is 0 Å². The number of carbonyl (C=O) groups is 1. The highest BCUT2D eigenvalue weighted by Gasteiger charge is 2.20. The highest BCUT2D eigenvalue weighted by molar-refractivity contribution is 5.85. The summed E-state index contributed by atoms with van der Waals surface area (Å²) in [5, 5.41) is 6.10. The summed E-state index contributed by atoms with van der Waals surface area (Å²) in [5.41, 5.74) is 1.03. The molecule has 0 aliphatic heterocycles. The number of rotatable bonds is 7. The Labute approximate surface area is 138 Å². The van der Waals surface area contributed by atoms with Gasteiger partial charge in [0.25, 0.3) is 0 Å². The van der Waals surface area contributed by atoms with E-state index >= 15 is 0 Å². The number of pyridine rings is 1. The second-order valence-corrected chi connectivity index (χ2v) is 5.23. The Balaban J connectivity index is 0.00000200. The van der Waals surface area contributed by atoms with Crippen LogP contribution in [0, 0.1) is 5.92 Å². The summed E-state index contributed by atoms with van der Waals surface area (Å²) in [5.74, 6) is 1.73. The lowest BCUT2D eigenvalue weighted by atomic mass is 10.2. The third-order valence-electron chi connectivity index (χ3n) is 3.18. The summed E-state index contributed by atoms with van der Waals surface area (Å²) in [4.78, 5) is 18.0. The van der Waals surface area contributed by atoms with Crippen LogP contribution >= 0.6 is 24.8 Å². The maximum absolute atomic E-state index is 11.7. The fourth-order valence-electron chi connectivity index (χ4n) is 1.94. The second kappa shape index (κ2) is 9.82. The second-order valence-electron chi connectivity index (χ2n) is 5.23. The monoisotopic (exact) mass is 334 g/mol. The van der Waals surface area contributed by atoms with E-state index in [1.165, 1.54) is 12.8 Å². The lowest BCUT2D eigenvalue weighted by Gasteiger charge is -2.16. The Morgan fingerprint density at radius 1 is 1.38 bits per heavy atom. The molecule has 1 saturated carbocycles. The third kappa shape index (κ3) is 6.98. The van der Waals surface area contributed by atoms with Crippen LogP contribution in [0.15, 0.2) is 18.3 Å². The van der Waals surface area contributed by atoms with E-state index in [0.717, 1.165) is 23.8 Å². The largest absolute Gasteiger partial charge is 0.362 e. The first-order valence-corrected chi connectivity index (χ1v) is 6.75. The molecule has 1 amide bonds. The van der Waals surface area contributed by atoms with Crippen molar-refractivity contribution in [3.63, 3.8) is 0 Å². The van der Waals surface area contributed by atoms with Crippen LogP contribution in [0.3, 0.4) is 0 Å². The molecule has 2 rings (SSSR count). The fourth-order valence-corrected chi connectivity index (χ4v) is 1.94. The summed E-state index contributed by atoms with van der Waals surface area (Å²) in [7, 11) is 3.90. The van der Waals surface area contributed by atoms with Crippen molar-refractivity contribution in [1.29, 1.82) is 0 Å². The van der Waals surface area contributed by atoms with Crippen molar-refractivity contribution in [1.82, 2.24) is 15.6 Å². The molecule has 2 N–H and O–H groups in total. The van der Waals surface area contributed by atoms with Crippen LogP contribution < -0.4 is 15.5 Å². The molecule has 1 fully saturated rings. The minimum absolute atomic E-state index is 0. The SMILES string of the molecule is CN(C)c1ncccc1CNC(=O)CNCC1CC1.Cl.Cl. The Morgan fingerprint density at radius 2 is 2.10 bits per heavy atom. The Hall–Kier alpha value is -1.04. The number of aromatic nitrogens is 1. The van der Waals surface area contributed by atoms with E-state index in [4.69, 9.17) is 0 Å². The highest BCUT2D eigenvalue weighted by atomic mass is 35.5. The zero-order valence-corrected chi connectivity index (χ0v) is 14.1. The van der Waals surface area contributed by atoms with Gasteiger partial charge in [0.05, 0.1) is 6.54 Å². The van der Waals surface area contributed by atoms with E-state index in [1.54, 1.807) is 6.20 Å². The molecule has 21 heavy (non-hydrogen) atoms. The average molecular weight is 335 g/mol. The molecule has 5 nitrogen and oxygen atoms in total. The van der Waals surface area contributed by atoms with Crippen molar-refractivity contribution in [2.75, 3.05) is 32.1 Å². The Kier molecular flexibility index (Phi) is 9.33. The van der Waals surface area contributed by atoms with Gasteiger partial charge in [-0.1, -0.05) is 6.07 Å². The zero-order valence-electron chi connectivity index (χ0n) is 12.5. The van der Waals surface area contributed by atoms with E-state index in [2.05, 4.69) is 15.6 Å². The summed E-state index contributed by atoms with van der Waals surface area (Å²) >= 11 is 0. The van der Waals surface area contributed by atoms with Crippen LogP contribution in [0.25, 0.3) is 0 Å². The molecule has 0 radical (unpaired) electrons. The number of nitrogens with zero attached hydrogens (tertiary/aromatic N) is 2. The molecule has 1 aromatic heterocycles. The van der Waals surface area contributed by atoms with E-state index < -0.39 is 0 Å². The van der Waals surface area contributed by atoms with Crippen molar-refractivity contribution < 1.29 is 4.79 Å². The maximum Gasteiger partial charge on any atom is 0.234 e. The van der Waals surface area contributed by atoms with E-state index in [1.807, 2.05) is 31.1 Å². The van der Waals surface area contributed by atoms with Crippen molar-refractivity contribution in [3.05, 3.63) is 23.9 Å². The number of carbonyl (C=O) groups excluding carboxylic acids is 1.